The number of hydrogen-bond acceptors (Lipinski definition) is 4. The Labute approximate surface area is 101 Å². The van der Waals surface area contributed by atoms with Crippen LogP contribution in [0.2, 0.25) is 0 Å². The van der Waals surface area contributed by atoms with Gasteiger partial charge in [0.25, 0.3) is 0 Å². The van der Waals surface area contributed by atoms with Gasteiger partial charge >= 0.3 is 0 Å². The van der Waals surface area contributed by atoms with E-state index < -0.39 is 5.60 Å². The zero-order chi connectivity index (χ0) is 11.9. The van der Waals surface area contributed by atoms with Crippen molar-refractivity contribution in [3.05, 3.63) is 24.0 Å². The van der Waals surface area contributed by atoms with E-state index in [1.54, 1.807) is 19.5 Å². The first kappa shape index (κ1) is 11.0. The van der Waals surface area contributed by atoms with Crippen molar-refractivity contribution in [2.45, 2.75) is 43.5 Å². The summed E-state index contributed by atoms with van der Waals surface area (Å²) in [6.07, 6.45) is 7.23. The molecule has 1 N–H and O–H groups in total. The lowest BCUT2D eigenvalue weighted by atomic mass is 9.84. The fourth-order valence-corrected chi connectivity index (χ4v) is 2.94. The topological polar surface area (TPSA) is 51.6 Å². The summed E-state index contributed by atoms with van der Waals surface area (Å²) in [5.74, 6) is 0.690. The summed E-state index contributed by atoms with van der Waals surface area (Å²) in [6.45, 7) is 0. The van der Waals surface area contributed by atoms with Crippen LogP contribution in [0.4, 0.5) is 0 Å². The average molecular weight is 235 g/mol. The summed E-state index contributed by atoms with van der Waals surface area (Å²) in [7, 11) is 1.61. The molecule has 2 saturated heterocycles. The van der Waals surface area contributed by atoms with E-state index in [0.29, 0.717) is 18.6 Å². The average Bonchev–Trinajstić information content (AvgIpc) is 2.69. The highest BCUT2D eigenvalue weighted by Gasteiger charge is 2.44. The van der Waals surface area contributed by atoms with Crippen molar-refractivity contribution >= 4 is 0 Å². The van der Waals surface area contributed by atoms with Gasteiger partial charge in [0.2, 0.25) is 0 Å². The Morgan fingerprint density at radius 3 is 2.71 bits per heavy atom. The minimum atomic E-state index is -0.800. The molecule has 2 unspecified atom stereocenters. The molecule has 0 saturated carbocycles. The third kappa shape index (κ3) is 1.91. The van der Waals surface area contributed by atoms with Crippen LogP contribution in [0.1, 0.15) is 31.2 Å². The predicted octanol–water partition coefficient (Wildman–Crippen LogP) is 1.62. The van der Waals surface area contributed by atoms with Crippen LogP contribution in [0, 0.1) is 0 Å². The number of ether oxygens (including phenoxy) is 2. The molecule has 1 aromatic rings. The second-order valence-electron chi connectivity index (χ2n) is 5.01. The molecule has 2 bridgehead atoms. The Morgan fingerprint density at radius 2 is 2.06 bits per heavy atom. The summed E-state index contributed by atoms with van der Waals surface area (Å²) in [4.78, 5) is 4.12. The van der Waals surface area contributed by atoms with Gasteiger partial charge in [-0.1, -0.05) is 0 Å². The highest BCUT2D eigenvalue weighted by molar-refractivity contribution is 5.29. The van der Waals surface area contributed by atoms with Crippen molar-refractivity contribution in [1.82, 2.24) is 4.98 Å². The Morgan fingerprint density at radius 1 is 1.35 bits per heavy atom. The van der Waals surface area contributed by atoms with Crippen LogP contribution in [-0.4, -0.2) is 29.4 Å². The molecule has 0 amide bonds. The maximum Gasteiger partial charge on any atom is 0.137 e. The van der Waals surface area contributed by atoms with Crippen molar-refractivity contribution in [2.75, 3.05) is 7.11 Å². The number of aliphatic hydroxyl groups is 1. The molecule has 2 fully saturated rings. The van der Waals surface area contributed by atoms with Gasteiger partial charge in [-0.3, -0.25) is 4.98 Å². The molecule has 1 aromatic heterocycles. The van der Waals surface area contributed by atoms with Gasteiger partial charge in [0.1, 0.15) is 5.75 Å². The number of nitrogens with zero attached hydrogens (tertiary/aromatic N) is 1. The Balaban J connectivity index is 1.91. The number of pyridine rings is 1. The fourth-order valence-electron chi connectivity index (χ4n) is 2.94. The van der Waals surface area contributed by atoms with Crippen LogP contribution in [0.3, 0.4) is 0 Å². The second kappa shape index (κ2) is 3.96. The van der Waals surface area contributed by atoms with E-state index in [9.17, 15) is 5.11 Å². The summed E-state index contributed by atoms with van der Waals surface area (Å²) in [5, 5.41) is 10.8. The summed E-state index contributed by atoms with van der Waals surface area (Å²) in [5.41, 5.74) is 0.0445. The van der Waals surface area contributed by atoms with Crippen LogP contribution >= 0.6 is 0 Å². The van der Waals surface area contributed by atoms with Gasteiger partial charge in [-0.05, 0) is 18.9 Å². The zero-order valence-corrected chi connectivity index (χ0v) is 9.93. The third-order valence-electron chi connectivity index (χ3n) is 3.81. The van der Waals surface area contributed by atoms with E-state index in [0.717, 1.165) is 18.4 Å². The largest absolute Gasteiger partial charge is 0.495 e. The van der Waals surface area contributed by atoms with Gasteiger partial charge in [-0.2, -0.15) is 0 Å². The minimum Gasteiger partial charge on any atom is -0.495 e. The van der Waals surface area contributed by atoms with Gasteiger partial charge in [-0.25, -0.2) is 0 Å². The maximum atomic E-state index is 10.8. The van der Waals surface area contributed by atoms with Gasteiger partial charge in [0.15, 0.2) is 0 Å². The molecule has 4 nitrogen and oxygen atoms in total. The first-order chi connectivity index (χ1) is 8.19. The van der Waals surface area contributed by atoms with Gasteiger partial charge in [-0.15, -0.1) is 0 Å². The molecule has 4 heteroatoms. The van der Waals surface area contributed by atoms with E-state index in [1.165, 1.54) is 0 Å². The lowest BCUT2D eigenvalue weighted by Crippen LogP contribution is -2.38. The summed E-state index contributed by atoms with van der Waals surface area (Å²) >= 11 is 0. The first-order valence-corrected chi connectivity index (χ1v) is 6.07. The van der Waals surface area contributed by atoms with E-state index in [4.69, 9.17) is 9.47 Å². The Kier molecular flexibility index (Phi) is 2.56. The lowest BCUT2D eigenvalue weighted by Gasteiger charge is -2.36. The maximum absolute atomic E-state index is 10.8. The van der Waals surface area contributed by atoms with Gasteiger partial charge in [0, 0.05) is 24.6 Å². The second-order valence-corrected chi connectivity index (χ2v) is 5.01. The molecular formula is C13H17NO3. The normalized spacial score (nSPS) is 35.9. The molecule has 2 atom stereocenters. The SMILES string of the molecule is COc1cncc(C2(O)CC3CCC(C2)O3)c1. The number of methoxy groups -OCH3 is 1. The minimum absolute atomic E-state index is 0.199. The molecule has 2 aliphatic heterocycles. The summed E-state index contributed by atoms with van der Waals surface area (Å²) in [6, 6.07) is 1.87. The lowest BCUT2D eigenvalue weighted by molar-refractivity contribution is -0.115. The fraction of sp³-hybridized carbons (Fsp3) is 0.615. The van der Waals surface area contributed by atoms with Crippen molar-refractivity contribution in [3.8, 4) is 5.75 Å². The van der Waals surface area contributed by atoms with Crippen LogP contribution in [0.15, 0.2) is 18.5 Å². The predicted molar refractivity (Wildman–Crippen MR) is 61.8 cm³/mol. The quantitative estimate of drug-likeness (QED) is 0.846. The number of rotatable bonds is 2. The monoisotopic (exact) mass is 235 g/mol. The highest BCUT2D eigenvalue weighted by Crippen LogP contribution is 2.44. The van der Waals surface area contributed by atoms with E-state index in [2.05, 4.69) is 4.98 Å². The third-order valence-corrected chi connectivity index (χ3v) is 3.81. The summed E-state index contributed by atoms with van der Waals surface area (Å²) < 4.78 is 10.9. The van der Waals surface area contributed by atoms with E-state index in [-0.39, 0.29) is 12.2 Å². The Bertz CT molecular complexity index is 409. The molecule has 0 radical (unpaired) electrons. The molecule has 2 aliphatic rings. The Hall–Kier alpha value is -1.13. The standard InChI is InChI=1S/C13H17NO3/c1-16-12-4-9(7-14-8-12)13(15)5-10-2-3-11(6-13)17-10/h4,7-8,10-11,15H,2-3,5-6H2,1H3. The van der Waals surface area contributed by atoms with Crippen LogP contribution < -0.4 is 4.74 Å². The molecule has 3 heterocycles. The molecular weight excluding hydrogens is 218 g/mol. The molecule has 0 aliphatic carbocycles. The van der Waals surface area contributed by atoms with Crippen LogP contribution in [-0.2, 0) is 10.3 Å². The zero-order valence-electron chi connectivity index (χ0n) is 9.93. The van der Waals surface area contributed by atoms with E-state index in [1.807, 2.05) is 6.07 Å². The molecule has 92 valence electrons. The van der Waals surface area contributed by atoms with Gasteiger partial charge < -0.3 is 14.6 Å². The highest BCUT2D eigenvalue weighted by atomic mass is 16.5. The van der Waals surface area contributed by atoms with Crippen molar-refractivity contribution in [3.63, 3.8) is 0 Å². The number of fused-ring (bicyclic) bond motifs is 2. The number of aromatic nitrogens is 1. The molecule has 0 spiro atoms. The van der Waals surface area contributed by atoms with Crippen molar-refractivity contribution in [2.24, 2.45) is 0 Å². The van der Waals surface area contributed by atoms with Crippen LogP contribution in [0.5, 0.6) is 5.75 Å². The van der Waals surface area contributed by atoms with E-state index >= 15 is 0 Å². The molecule has 17 heavy (non-hydrogen) atoms. The smallest absolute Gasteiger partial charge is 0.137 e. The molecule has 3 rings (SSSR count). The van der Waals surface area contributed by atoms with Crippen molar-refractivity contribution < 1.29 is 14.6 Å². The number of hydrogen-bond donors (Lipinski definition) is 1. The van der Waals surface area contributed by atoms with Gasteiger partial charge in [0.05, 0.1) is 31.1 Å². The van der Waals surface area contributed by atoms with Crippen molar-refractivity contribution in [1.29, 1.82) is 0 Å². The first-order valence-electron chi connectivity index (χ1n) is 6.07. The van der Waals surface area contributed by atoms with Crippen LogP contribution in [0.25, 0.3) is 0 Å². The molecule has 0 aromatic carbocycles.